The minimum absolute atomic E-state index is 0.232. The van der Waals surface area contributed by atoms with Crippen molar-refractivity contribution < 1.29 is 9.53 Å². The summed E-state index contributed by atoms with van der Waals surface area (Å²) in [5.41, 5.74) is 3.81. The van der Waals surface area contributed by atoms with Gasteiger partial charge in [-0.15, -0.1) is 0 Å². The zero-order valence-electron chi connectivity index (χ0n) is 14.9. The van der Waals surface area contributed by atoms with Crippen LogP contribution in [-0.4, -0.2) is 26.1 Å². The fourth-order valence-electron chi connectivity index (χ4n) is 2.62. The Morgan fingerprint density at radius 1 is 1.00 bits per heavy atom. The van der Waals surface area contributed by atoms with Crippen LogP contribution in [0.25, 0.3) is 11.3 Å². The molecule has 7 heteroatoms. The lowest BCUT2D eigenvalue weighted by Crippen LogP contribution is -2.14. The summed E-state index contributed by atoms with van der Waals surface area (Å²) in [7, 11) is 0. The Kier molecular flexibility index (Phi) is 5.06. The predicted octanol–water partition coefficient (Wildman–Crippen LogP) is 3.70. The first-order valence-electron chi connectivity index (χ1n) is 8.68. The first kappa shape index (κ1) is 17.4. The van der Waals surface area contributed by atoms with E-state index in [2.05, 4.69) is 25.5 Å². The van der Waals surface area contributed by atoms with E-state index in [1.807, 2.05) is 60.7 Å². The molecule has 2 N–H and O–H groups in total. The lowest BCUT2D eigenvalue weighted by molar-refractivity contribution is 0.102. The number of anilines is 1. The highest BCUT2D eigenvalue weighted by molar-refractivity contribution is 6.03. The van der Waals surface area contributed by atoms with Gasteiger partial charge in [-0.3, -0.25) is 9.89 Å². The zero-order valence-corrected chi connectivity index (χ0v) is 14.9. The molecule has 4 rings (SSSR count). The monoisotopic (exact) mass is 371 g/mol. The van der Waals surface area contributed by atoms with E-state index in [9.17, 15) is 4.79 Å². The number of amides is 1. The maximum atomic E-state index is 12.5. The first-order chi connectivity index (χ1) is 13.8. The molecular weight excluding hydrogens is 354 g/mol. The van der Waals surface area contributed by atoms with Gasteiger partial charge in [0.1, 0.15) is 18.6 Å². The van der Waals surface area contributed by atoms with Gasteiger partial charge in [0.15, 0.2) is 0 Å². The summed E-state index contributed by atoms with van der Waals surface area (Å²) in [5, 5.41) is 9.65. The van der Waals surface area contributed by atoms with Gasteiger partial charge in [0.2, 0.25) is 5.88 Å². The van der Waals surface area contributed by atoms with Crippen molar-refractivity contribution in [2.75, 3.05) is 5.32 Å². The quantitative estimate of drug-likeness (QED) is 0.539. The topological polar surface area (TPSA) is 92.8 Å². The van der Waals surface area contributed by atoms with Crippen LogP contribution in [0.2, 0.25) is 0 Å². The molecule has 0 aliphatic heterocycles. The molecule has 28 heavy (non-hydrogen) atoms. The summed E-state index contributed by atoms with van der Waals surface area (Å²) < 4.78 is 5.65. The van der Waals surface area contributed by atoms with E-state index in [-0.39, 0.29) is 11.6 Å². The highest BCUT2D eigenvalue weighted by Crippen LogP contribution is 2.19. The average molecular weight is 371 g/mol. The summed E-state index contributed by atoms with van der Waals surface area (Å²) in [6, 6.07) is 20.6. The summed E-state index contributed by atoms with van der Waals surface area (Å²) in [6.45, 7) is 0.369. The molecule has 0 saturated carbocycles. The van der Waals surface area contributed by atoms with Crippen molar-refractivity contribution in [3.05, 3.63) is 90.5 Å². The van der Waals surface area contributed by atoms with Crippen molar-refractivity contribution in [2.45, 2.75) is 6.61 Å². The third-order valence-electron chi connectivity index (χ3n) is 4.06. The molecule has 0 saturated heterocycles. The van der Waals surface area contributed by atoms with E-state index in [0.29, 0.717) is 18.2 Å². The minimum atomic E-state index is -0.332. The lowest BCUT2D eigenvalue weighted by atomic mass is 10.1. The predicted molar refractivity (Wildman–Crippen MR) is 105 cm³/mol. The van der Waals surface area contributed by atoms with Crippen molar-refractivity contribution >= 4 is 11.6 Å². The number of aromatic nitrogens is 4. The maximum Gasteiger partial charge on any atom is 0.274 e. The Hall–Kier alpha value is -4.00. The summed E-state index contributed by atoms with van der Waals surface area (Å²) in [6.07, 6.45) is 3.01. The van der Waals surface area contributed by atoms with Gasteiger partial charge in [0.25, 0.3) is 5.91 Å². The number of nitrogens with one attached hydrogen (secondary N) is 2. The average Bonchev–Trinajstić information content (AvgIpc) is 3.29. The van der Waals surface area contributed by atoms with Gasteiger partial charge < -0.3 is 10.1 Å². The molecule has 2 aromatic carbocycles. The molecule has 0 radical (unpaired) electrons. The molecule has 0 unspecified atom stereocenters. The van der Waals surface area contributed by atoms with Crippen molar-refractivity contribution in [3.63, 3.8) is 0 Å². The van der Waals surface area contributed by atoms with Crippen LogP contribution in [0.3, 0.4) is 0 Å². The molecule has 7 nitrogen and oxygen atoms in total. The minimum Gasteiger partial charge on any atom is -0.473 e. The highest BCUT2D eigenvalue weighted by atomic mass is 16.5. The second-order valence-electron chi connectivity index (χ2n) is 6.02. The molecule has 0 bridgehead atoms. The molecule has 2 heterocycles. The third kappa shape index (κ3) is 4.21. The number of H-pyrrole nitrogens is 1. The Bertz CT molecular complexity index is 1050. The number of rotatable bonds is 6. The van der Waals surface area contributed by atoms with E-state index in [4.69, 9.17) is 4.74 Å². The second kappa shape index (κ2) is 8.13. The molecule has 0 aliphatic rings. The normalized spacial score (nSPS) is 10.4. The maximum absolute atomic E-state index is 12.5. The van der Waals surface area contributed by atoms with Crippen LogP contribution in [0.4, 0.5) is 5.69 Å². The second-order valence-corrected chi connectivity index (χ2v) is 6.02. The lowest BCUT2D eigenvalue weighted by Gasteiger charge is -2.08. The molecule has 0 aliphatic carbocycles. The number of carbonyl (C=O) groups is 1. The number of nitrogens with zero attached hydrogens (tertiary/aromatic N) is 3. The van der Waals surface area contributed by atoms with Crippen LogP contribution in [-0.2, 0) is 6.61 Å². The van der Waals surface area contributed by atoms with Crippen molar-refractivity contribution in [2.24, 2.45) is 0 Å². The van der Waals surface area contributed by atoms with Gasteiger partial charge in [0.05, 0.1) is 5.69 Å². The Morgan fingerprint density at radius 2 is 1.82 bits per heavy atom. The molecular formula is C21H17N5O2. The van der Waals surface area contributed by atoms with Crippen LogP contribution < -0.4 is 10.1 Å². The van der Waals surface area contributed by atoms with Gasteiger partial charge >= 0.3 is 0 Å². The molecule has 2 aromatic heterocycles. The van der Waals surface area contributed by atoms with Crippen molar-refractivity contribution in [1.29, 1.82) is 0 Å². The Labute approximate surface area is 161 Å². The molecule has 1 amide bonds. The van der Waals surface area contributed by atoms with Gasteiger partial charge in [-0.05, 0) is 29.3 Å². The summed E-state index contributed by atoms with van der Waals surface area (Å²) in [5.74, 6) is 0.0137. The van der Waals surface area contributed by atoms with Crippen molar-refractivity contribution in [1.82, 2.24) is 20.2 Å². The van der Waals surface area contributed by atoms with E-state index >= 15 is 0 Å². The van der Waals surface area contributed by atoms with Crippen LogP contribution >= 0.6 is 0 Å². The van der Waals surface area contributed by atoms with E-state index in [1.54, 1.807) is 6.20 Å². The molecule has 4 aromatic rings. The van der Waals surface area contributed by atoms with E-state index in [0.717, 1.165) is 16.8 Å². The van der Waals surface area contributed by atoms with Crippen LogP contribution in [0, 0.1) is 0 Å². The van der Waals surface area contributed by atoms with E-state index < -0.39 is 0 Å². The Morgan fingerprint density at radius 3 is 2.57 bits per heavy atom. The van der Waals surface area contributed by atoms with Gasteiger partial charge in [-0.25, -0.2) is 9.97 Å². The molecule has 0 atom stereocenters. The van der Waals surface area contributed by atoms with Crippen LogP contribution in [0.5, 0.6) is 5.88 Å². The summed E-state index contributed by atoms with van der Waals surface area (Å²) in [4.78, 5) is 20.6. The standard InChI is InChI=1S/C21H17N5O2/c27-21(25-17-8-6-16(7-9-17)18-10-11-24-26-18)19-12-20(23-14-22-19)28-13-15-4-2-1-3-5-15/h1-12,14H,13H2,(H,24,26)(H,25,27). The fraction of sp³-hybridized carbons (Fsp3) is 0.0476. The van der Waals surface area contributed by atoms with Gasteiger partial charge in [0, 0.05) is 18.0 Å². The van der Waals surface area contributed by atoms with Crippen molar-refractivity contribution in [3.8, 4) is 17.1 Å². The number of benzene rings is 2. The SMILES string of the molecule is O=C(Nc1ccc(-c2ccn[nH]2)cc1)c1cc(OCc2ccccc2)ncn1. The summed E-state index contributed by atoms with van der Waals surface area (Å²) >= 11 is 0. The first-order valence-corrected chi connectivity index (χ1v) is 8.68. The number of ether oxygens (including phenoxy) is 1. The Balaban J connectivity index is 1.40. The van der Waals surface area contributed by atoms with Crippen LogP contribution in [0.1, 0.15) is 16.1 Å². The number of hydrogen-bond donors (Lipinski definition) is 2. The number of aromatic amines is 1. The van der Waals surface area contributed by atoms with Crippen LogP contribution in [0.15, 0.2) is 79.3 Å². The van der Waals surface area contributed by atoms with Gasteiger partial charge in [-0.2, -0.15) is 5.10 Å². The number of hydrogen-bond acceptors (Lipinski definition) is 5. The smallest absolute Gasteiger partial charge is 0.274 e. The molecule has 138 valence electrons. The fourth-order valence-corrected chi connectivity index (χ4v) is 2.62. The highest BCUT2D eigenvalue weighted by Gasteiger charge is 2.10. The molecule has 0 spiro atoms. The number of carbonyl (C=O) groups excluding carboxylic acids is 1. The molecule has 0 fully saturated rings. The van der Waals surface area contributed by atoms with E-state index in [1.165, 1.54) is 12.4 Å². The zero-order chi connectivity index (χ0) is 19.2. The van der Waals surface area contributed by atoms with Gasteiger partial charge in [-0.1, -0.05) is 42.5 Å². The third-order valence-corrected chi connectivity index (χ3v) is 4.06. The largest absolute Gasteiger partial charge is 0.473 e.